The standard InChI is InChI=1S/C19H17FINO2S/c1-19(2,3)24-18(23)13-6-7-17-15(10-22-25-17)14(13)8-11-4-5-12(21)9-16(11)20/h4-7,9-10H,8H2,1-3H3. The van der Waals surface area contributed by atoms with Gasteiger partial charge in [-0.05, 0) is 90.3 Å². The largest absolute Gasteiger partial charge is 0.456 e. The van der Waals surface area contributed by atoms with Gasteiger partial charge in [0.05, 0.1) is 10.3 Å². The van der Waals surface area contributed by atoms with E-state index in [1.807, 2.05) is 32.9 Å². The monoisotopic (exact) mass is 469 g/mol. The lowest BCUT2D eigenvalue weighted by atomic mass is 9.96. The van der Waals surface area contributed by atoms with E-state index >= 15 is 0 Å². The lowest BCUT2D eigenvalue weighted by Gasteiger charge is -2.21. The zero-order chi connectivity index (χ0) is 18.2. The Balaban J connectivity index is 2.09. The zero-order valence-electron chi connectivity index (χ0n) is 14.1. The van der Waals surface area contributed by atoms with Crippen LogP contribution in [-0.4, -0.2) is 15.9 Å². The van der Waals surface area contributed by atoms with Crippen LogP contribution in [0.5, 0.6) is 0 Å². The Bertz CT molecular complexity index is 946. The van der Waals surface area contributed by atoms with Gasteiger partial charge in [-0.25, -0.2) is 9.18 Å². The van der Waals surface area contributed by atoms with E-state index in [9.17, 15) is 9.18 Å². The summed E-state index contributed by atoms with van der Waals surface area (Å²) in [6, 6.07) is 8.72. The van der Waals surface area contributed by atoms with Crippen LogP contribution in [0.4, 0.5) is 4.39 Å². The van der Waals surface area contributed by atoms with Gasteiger partial charge in [-0.2, -0.15) is 4.37 Å². The summed E-state index contributed by atoms with van der Waals surface area (Å²) in [6.07, 6.45) is 2.04. The fourth-order valence-corrected chi connectivity index (χ4v) is 3.70. The third-order valence-corrected chi connectivity index (χ3v) is 5.09. The van der Waals surface area contributed by atoms with Crippen LogP contribution in [0.1, 0.15) is 42.3 Å². The molecule has 0 N–H and O–H groups in total. The summed E-state index contributed by atoms with van der Waals surface area (Å²) in [4.78, 5) is 12.6. The molecule has 0 saturated carbocycles. The molecule has 0 radical (unpaired) electrons. The summed E-state index contributed by atoms with van der Waals surface area (Å²) >= 11 is 3.43. The second-order valence-electron chi connectivity index (χ2n) is 6.74. The zero-order valence-corrected chi connectivity index (χ0v) is 17.1. The summed E-state index contributed by atoms with van der Waals surface area (Å²) in [7, 11) is 0. The van der Waals surface area contributed by atoms with Crippen LogP contribution in [0.15, 0.2) is 36.5 Å². The van der Waals surface area contributed by atoms with Gasteiger partial charge >= 0.3 is 5.97 Å². The number of ether oxygens (including phenoxy) is 1. The maximum absolute atomic E-state index is 14.3. The van der Waals surface area contributed by atoms with E-state index in [1.165, 1.54) is 17.6 Å². The number of benzene rings is 2. The molecule has 3 rings (SSSR count). The third kappa shape index (κ3) is 4.17. The van der Waals surface area contributed by atoms with Crippen LogP contribution in [0.3, 0.4) is 0 Å². The van der Waals surface area contributed by atoms with Crippen molar-refractivity contribution >= 4 is 50.2 Å². The third-order valence-electron chi connectivity index (χ3n) is 3.65. The van der Waals surface area contributed by atoms with E-state index in [0.29, 0.717) is 17.5 Å². The molecule has 130 valence electrons. The molecule has 0 spiro atoms. The van der Waals surface area contributed by atoms with Crippen molar-refractivity contribution in [3.63, 3.8) is 0 Å². The van der Waals surface area contributed by atoms with Crippen LogP contribution in [0, 0.1) is 9.39 Å². The molecular weight excluding hydrogens is 452 g/mol. The molecule has 2 aromatic carbocycles. The van der Waals surface area contributed by atoms with Crippen molar-refractivity contribution in [1.29, 1.82) is 0 Å². The first-order valence-corrected chi connectivity index (χ1v) is 9.63. The Kier molecular flexibility index (Phi) is 5.11. The van der Waals surface area contributed by atoms with E-state index in [2.05, 4.69) is 27.0 Å². The molecule has 0 amide bonds. The topological polar surface area (TPSA) is 39.2 Å². The summed E-state index contributed by atoms with van der Waals surface area (Å²) in [5.41, 5.74) is 1.16. The maximum Gasteiger partial charge on any atom is 0.338 e. The van der Waals surface area contributed by atoms with Crippen LogP contribution >= 0.6 is 34.1 Å². The highest BCUT2D eigenvalue weighted by Gasteiger charge is 2.22. The molecular formula is C19H17FINO2S. The average Bonchev–Trinajstić information content (AvgIpc) is 2.97. The minimum absolute atomic E-state index is 0.276. The minimum atomic E-state index is -0.593. The molecule has 0 aliphatic heterocycles. The molecule has 6 heteroatoms. The van der Waals surface area contributed by atoms with Crippen LogP contribution < -0.4 is 0 Å². The Hall–Kier alpha value is -1.54. The highest BCUT2D eigenvalue weighted by Crippen LogP contribution is 2.29. The van der Waals surface area contributed by atoms with Crippen molar-refractivity contribution in [1.82, 2.24) is 4.37 Å². The van der Waals surface area contributed by atoms with E-state index in [-0.39, 0.29) is 5.82 Å². The Labute approximate surface area is 163 Å². The molecule has 0 unspecified atom stereocenters. The quantitative estimate of drug-likeness (QED) is 0.371. The molecule has 0 aliphatic rings. The van der Waals surface area contributed by atoms with Gasteiger partial charge in [-0.1, -0.05) is 6.07 Å². The molecule has 0 atom stereocenters. The van der Waals surface area contributed by atoms with Crippen molar-refractivity contribution in [3.05, 3.63) is 62.6 Å². The molecule has 0 fully saturated rings. The van der Waals surface area contributed by atoms with Gasteiger partial charge in [0.2, 0.25) is 0 Å². The first-order chi connectivity index (χ1) is 11.7. The second kappa shape index (κ2) is 6.99. The second-order valence-corrected chi connectivity index (χ2v) is 8.82. The van der Waals surface area contributed by atoms with Crippen molar-refractivity contribution in [2.24, 2.45) is 0 Å². The molecule has 3 nitrogen and oxygen atoms in total. The van der Waals surface area contributed by atoms with E-state index in [1.54, 1.807) is 18.3 Å². The number of hydrogen-bond donors (Lipinski definition) is 0. The lowest BCUT2D eigenvalue weighted by Crippen LogP contribution is -2.24. The fourth-order valence-electron chi connectivity index (χ4n) is 2.57. The first kappa shape index (κ1) is 18.3. The summed E-state index contributed by atoms with van der Waals surface area (Å²) in [5, 5.41) is 0.867. The SMILES string of the molecule is CC(C)(C)OC(=O)c1ccc2sncc2c1Cc1ccc(I)cc1F. The average molecular weight is 469 g/mol. The maximum atomic E-state index is 14.3. The highest BCUT2D eigenvalue weighted by atomic mass is 127. The van der Waals surface area contributed by atoms with Crippen molar-refractivity contribution in [3.8, 4) is 0 Å². The van der Waals surface area contributed by atoms with Gasteiger partial charge in [-0.15, -0.1) is 0 Å². The van der Waals surface area contributed by atoms with Gasteiger partial charge in [0.25, 0.3) is 0 Å². The Morgan fingerprint density at radius 2 is 2.04 bits per heavy atom. The van der Waals surface area contributed by atoms with Crippen molar-refractivity contribution in [2.75, 3.05) is 0 Å². The van der Waals surface area contributed by atoms with E-state index < -0.39 is 11.6 Å². The number of aromatic nitrogens is 1. The van der Waals surface area contributed by atoms with Gasteiger partial charge in [0, 0.05) is 21.6 Å². The summed E-state index contributed by atoms with van der Waals surface area (Å²) in [5.74, 6) is -0.677. The number of halogens is 2. The van der Waals surface area contributed by atoms with Crippen molar-refractivity contribution in [2.45, 2.75) is 32.8 Å². The summed E-state index contributed by atoms with van der Waals surface area (Å²) < 4.78 is 25.9. The number of carbonyl (C=O) groups is 1. The predicted molar refractivity (Wildman–Crippen MR) is 107 cm³/mol. The number of hydrogen-bond acceptors (Lipinski definition) is 4. The Morgan fingerprint density at radius 3 is 2.72 bits per heavy atom. The van der Waals surface area contributed by atoms with Crippen molar-refractivity contribution < 1.29 is 13.9 Å². The number of carbonyl (C=O) groups excluding carboxylic acids is 1. The summed E-state index contributed by atoms with van der Waals surface area (Å²) in [6.45, 7) is 5.48. The van der Waals surface area contributed by atoms with Crippen LogP contribution in [-0.2, 0) is 11.2 Å². The van der Waals surface area contributed by atoms with Gasteiger partial charge in [-0.3, -0.25) is 0 Å². The lowest BCUT2D eigenvalue weighted by molar-refractivity contribution is 0.00687. The minimum Gasteiger partial charge on any atom is -0.456 e. The highest BCUT2D eigenvalue weighted by molar-refractivity contribution is 14.1. The molecule has 3 aromatic rings. The normalized spacial score (nSPS) is 11.7. The molecule has 0 aliphatic carbocycles. The van der Waals surface area contributed by atoms with Gasteiger partial charge in [0.1, 0.15) is 11.4 Å². The Morgan fingerprint density at radius 1 is 1.28 bits per heavy atom. The molecule has 25 heavy (non-hydrogen) atoms. The number of fused-ring (bicyclic) bond motifs is 1. The van der Waals surface area contributed by atoms with Gasteiger partial charge in [0.15, 0.2) is 0 Å². The smallest absolute Gasteiger partial charge is 0.338 e. The first-order valence-electron chi connectivity index (χ1n) is 7.78. The fraction of sp³-hybridized carbons (Fsp3) is 0.263. The number of rotatable bonds is 3. The molecule has 1 heterocycles. The molecule has 0 bridgehead atoms. The van der Waals surface area contributed by atoms with E-state index in [4.69, 9.17) is 4.74 Å². The van der Waals surface area contributed by atoms with Gasteiger partial charge < -0.3 is 4.74 Å². The van der Waals surface area contributed by atoms with Crippen LogP contribution in [0.25, 0.3) is 10.1 Å². The molecule has 0 saturated heterocycles. The molecule has 1 aromatic heterocycles. The number of esters is 1. The number of nitrogens with zero attached hydrogens (tertiary/aromatic N) is 1. The van der Waals surface area contributed by atoms with E-state index in [0.717, 1.165) is 19.2 Å². The predicted octanol–water partition coefficient (Wildman–Crippen LogP) is 5.59. The van der Waals surface area contributed by atoms with Crippen LogP contribution in [0.2, 0.25) is 0 Å².